The van der Waals surface area contributed by atoms with Crippen molar-refractivity contribution in [1.29, 1.82) is 0 Å². The lowest BCUT2D eigenvalue weighted by molar-refractivity contribution is 0.206. The Morgan fingerprint density at radius 3 is 2.58 bits per heavy atom. The van der Waals surface area contributed by atoms with Gasteiger partial charge in [-0.05, 0) is 23.5 Å². The maximum Gasteiger partial charge on any atom is 0.317 e. The van der Waals surface area contributed by atoms with Crippen LogP contribution in [-0.2, 0) is 6.54 Å². The number of amides is 2. The van der Waals surface area contributed by atoms with Crippen molar-refractivity contribution in [2.45, 2.75) is 44.7 Å². The van der Waals surface area contributed by atoms with Crippen LogP contribution in [-0.4, -0.2) is 45.3 Å². The number of urea groups is 1. The van der Waals surface area contributed by atoms with Crippen LogP contribution in [0.25, 0.3) is 0 Å². The molecule has 1 aliphatic carbocycles. The van der Waals surface area contributed by atoms with E-state index in [1.807, 2.05) is 11.6 Å². The first-order valence-corrected chi connectivity index (χ1v) is 8.48. The highest BCUT2D eigenvalue weighted by molar-refractivity contribution is 5.74. The first kappa shape index (κ1) is 16.5. The van der Waals surface area contributed by atoms with Gasteiger partial charge in [0.15, 0.2) is 0 Å². The second kappa shape index (κ2) is 7.03. The lowest BCUT2D eigenvalue weighted by atomic mass is 10.0. The number of nitrogens with one attached hydrogen (secondary N) is 1. The number of nitrogens with zero attached hydrogens (tertiary/aromatic N) is 4. The van der Waals surface area contributed by atoms with Gasteiger partial charge in [-0.3, -0.25) is 0 Å². The Morgan fingerprint density at radius 1 is 1.29 bits per heavy atom. The van der Waals surface area contributed by atoms with Crippen LogP contribution in [0.3, 0.4) is 0 Å². The number of aromatic nitrogens is 3. The normalized spacial score (nSPS) is 19.3. The molecule has 1 N–H and O–H groups in total. The summed E-state index contributed by atoms with van der Waals surface area (Å²) >= 11 is 0. The van der Waals surface area contributed by atoms with Crippen molar-refractivity contribution in [2.75, 3.05) is 13.6 Å². The van der Waals surface area contributed by atoms with Crippen LogP contribution in [0, 0.1) is 0 Å². The lowest BCUT2D eigenvalue weighted by Gasteiger charge is -2.18. The van der Waals surface area contributed by atoms with E-state index in [2.05, 4.69) is 53.6 Å². The number of benzene rings is 1. The van der Waals surface area contributed by atoms with Crippen LogP contribution in [0.2, 0.25) is 0 Å². The zero-order valence-electron chi connectivity index (χ0n) is 14.5. The third-order valence-corrected chi connectivity index (χ3v) is 4.64. The molecule has 0 saturated heterocycles. The average Bonchev–Trinajstić information content (AvgIpc) is 3.14. The van der Waals surface area contributed by atoms with Gasteiger partial charge in [0, 0.05) is 32.1 Å². The Balaban J connectivity index is 1.46. The molecule has 2 aromatic rings. The van der Waals surface area contributed by atoms with Crippen LogP contribution in [0.5, 0.6) is 0 Å². The second-order valence-electron chi connectivity index (χ2n) is 6.84. The number of likely N-dealkylation sites (N-methyl/N-ethyl adjacent to an activating group) is 1. The fourth-order valence-corrected chi connectivity index (χ4v) is 2.82. The van der Waals surface area contributed by atoms with Crippen molar-refractivity contribution in [3.8, 4) is 0 Å². The molecule has 6 heteroatoms. The van der Waals surface area contributed by atoms with Gasteiger partial charge < -0.3 is 14.8 Å². The highest BCUT2D eigenvalue weighted by atomic mass is 16.2. The van der Waals surface area contributed by atoms with E-state index < -0.39 is 0 Å². The van der Waals surface area contributed by atoms with E-state index in [0.29, 0.717) is 24.9 Å². The molecular weight excluding hydrogens is 302 g/mol. The van der Waals surface area contributed by atoms with E-state index in [-0.39, 0.29) is 12.1 Å². The van der Waals surface area contributed by atoms with Gasteiger partial charge in [0.05, 0.1) is 0 Å². The van der Waals surface area contributed by atoms with Gasteiger partial charge >= 0.3 is 6.03 Å². The first-order chi connectivity index (χ1) is 11.5. The largest absolute Gasteiger partial charge is 0.335 e. The summed E-state index contributed by atoms with van der Waals surface area (Å²) in [4.78, 5) is 14.0. The van der Waals surface area contributed by atoms with Crippen molar-refractivity contribution in [3.05, 3.63) is 48.0 Å². The van der Waals surface area contributed by atoms with Crippen LogP contribution in [0.1, 0.15) is 43.2 Å². The predicted octanol–water partition coefficient (Wildman–Crippen LogP) is 2.60. The van der Waals surface area contributed by atoms with E-state index in [1.54, 1.807) is 17.6 Å². The summed E-state index contributed by atoms with van der Waals surface area (Å²) < 4.78 is 1.86. The van der Waals surface area contributed by atoms with Gasteiger partial charge in [-0.25, -0.2) is 4.79 Å². The van der Waals surface area contributed by atoms with E-state index in [9.17, 15) is 4.79 Å². The number of hydrogen-bond donors (Lipinski definition) is 1. The van der Waals surface area contributed by atoms with Crippen molar-refractivity contribution in [2.24, 2.45) is 0 Å². The standard InChI is InChI=1S/C18H25N5O/c1-13(2)14-4-6-15(7-5-14)16-10-17(16)21-18(24)22(3)8-9-23-11-19-20-12-23/h4-7,11-13,16-17H,8-10H2,1-3H3,(H,21,24)/t16-,17-/m0/s1. The van der Waals surface area contributed by atoms with Gasteiger partial charge in [-0.15, -0.1) is 10.2 Å². The van der Waals surface area contributed by atoms with Crippen molar-refractivity contribution >= 4 is 6.03 Å². The maximum absolute atomic E-state index is 12.2. The Bertz CT molecular complexity index is 665. The van der Waals surface area contributed by atoms with Crippen molar-refractivity contribution in [1.82, 2.24) is 25.0 Å². The molecule has 1 aromatic carbocycles. The topological polar surface area (TPSA) is 63.1 Å². The van der Waals surface area contributed by atoms with Crippen LogP contribution in [0.4, 0.5) is 4.79 Å². The molecular formula is C18H25N5O. The lowest BCUT2D eigenvalue weighted by Crippen LogP contribution is -2.40. The fraction of sp³-hybridized carbons (Fsp3) is 0.500. The number of carbonyl (C=O) groups is 1. The van der Waals surface area contributed by atoms with Crippen LogP contribution < -0.4 is 5.32 Å². The SMILES string of the molecule is CC(C)c1ccc([C@@H]2C[C@@H]2NC(=O)N(C)CCn2cnnc2)cc1. The minimum Gasteiger partial charge on any atom is -0.335 e. The summed E-state index contributed by atoms with van der Waals surface area (Å²) in [5.74, 6) is 0.995. The predicted molar refractivity (Wildman–Crippen MR) is 92.9 cm³/mol. The van der Waals surface area contributed by atoms with Gasteiger partial charge in [-0.1, -0.05) is 38.1 Å². The second-order valence-corrected chi connectivity index (χ2v) is 6.84. The van der Waals surface area contributed by atoms with Gasteiger partial charge in [0.2, 0.25) is 0 Å². The molecule has 6 nitrogen and oxygen atoms in total. The molecule has 0 spiro atoms. The first-order valence-electron chi connectivity index (χ1n) is 8.48. The quantitative estimate of drug-likeness (QED) is 0.887. The van der Waals surface area contributed by atoms with E-state index >= 15 is 0 Å². The van der Waals surface area contributed by atoms with Crippen molar-refractivity contribution in [3.63, 3.8) is 0 Å². The van der Waals surface area contributed by atoms with Gasteiger partial charge in [0.25, 0.3) is 0 Å². The van der Waals surface area contributed by atoms with Crippen LogP contribution >= 0.6 is 0 Å². The molecule has 1 fully saturated rings. The highest BCUT2D eigenvalue weighted by Gasteiger charge is 2.39. The Morgan fingerprint density at radius 2 is 1.96 bits per heavy atom. The maximum atomic E-state index is 12.2. The molecule has 2 atom stereocenters. The van der Waals surface area contributed by atoms with Crippen molar-refractivity contribution < 1.29 is 4.79 Å². The van der Waals surface area contributed by atoms with E-state index in [0.717, 1.165) is 6.42 Å². The molecule has 1 heterocycles. The van der Waals surface area contributed by atoms with Gasteiger partial charge in [-0.2, -0.15) is 0 Å². The smallest absolute Gasteiger partial charge is 0.317 e. The molecule has 128 valence electrons. The highest BCUT2D eigenvalue weighted by Crippen LogP contribution is 2.41. The monoisotopic (exact) mass is 327 g/mol. The van der Waals surface area contributed by atoms with E-state index in [1.165, 1.54) is 11.1 Å². The summed E-state index contributed by atoms with van der Waals surface area (Å²) in [5.41, 5.74) is 2.67. The molecule has 24 heavy (non-hydrogen) atoms. The molecule has 1 saturated carbocycles. The molecule has 1 aromatic heterocycles. The Kier molecular flexibility index (Phi) is 4.83. The van der Waals surface area contributed by atoms with Gasteiger partial charge in [0.1, 0.15) is 12.7 Å². The number of carbonyl (C=O) groups excluding carboxylic acids is 1. The minimum atomic E-state index is -0.0191. The number of hydrogen-bond acceptors (Lipinski definition) is 3. The summed E-state index contributed by atoms with van der Waals surface area (Å²) in [7, 11) is 1.81. The van der Waals surface area contributed by atoms with E-state index in [4.69, 9.17) is 0 Å². The fourth-order valence-electron chi connectivity index (χ4n) is 2.82. The summed E-state index contributed by atoms with van der Waals surface area (Å²) in [5, 5.41) is 10.6. The summed E-state index contributed by atoms with van der Waals surface area (Å²) in [6.45, 7) is 5.72. The third kappa shape index (κ3) is 3.93. The number of rotatable bonds is 6. The zero-order valence-corrected chi connectivity index (χ0v) is 14.5. The average molecular weight is 327 g/mol. The summed E-state index contributed by atoms with van der Waals surface area (Å²) in [6.07, 6.45) is 4.33. The molecule has 0 bridgehead atoms. The minimum absolute atomic E-state index is 0.0191. The Hall–Kier alpha value is -2.37. The molecule has 1 aliphatic rings. The molecule has 0 unspecified atom stereocenters. The molecule has 0 aliphatic heterocycles. The molecule has 3 rings (SSSR count). The summed E-state index contributed by atoms with van der Waals surface area (Å²) in [6, 6.07) is 9.02. The Labute approximate surface area is 142 Å². The third-order valence-electron chi connectivity index (χ3n) is 4.64. The molecule has 2 amide bonds. The van der Waals surface area contributed by atoms with Crippen LogP contribution in [0.15, 0.2) is 36.9 Å². The molecule has 0 radical (unpaired) electrons. The zero-order chi connectivity index (χ0) is 17.1.